The van der Waals surface area contributed by atoms with E-state index in [0.717, 1.165) is 30.9 Å². The highest BCUT2D eigenvalue weighted by Crippen LogP contribution is 2.32. The number of methoxy groups -OCH3 is 2. The summed E-state index contributed by atoms with van der Waals surface area (Å²) in [5, 5.41) is 17.6. The van der Waals surface area contributed by atoms with E-state index in [9.17, 15) is 5.11 Å². The molecule has 2 aliphatic heterocycles. The van der Waals surface area contributed by atoms with Crippen LogP contribution in [0.4, 0.5) is 0 Å². The molecule has 3 N–H and O–H groups in total. The molecule has 2 heterocycles. The molecule has 1 aromatic rings. The molecule has 0 radical (unpaired) electrons. The lowest BCUT2D eigenvalue weighted by Crippen LogP contribution is -2.56. The third-order valence-corrected chi connectivity index (χ3v) is 6.21. The average molecular weight is 532 g/mol. The van der Waals surface area contributed by atoms with Crippen LogP contribution in [-0.2, 0) is 0 Å². The van der Waals surface area contributed by atoms with Crippen LogP contribution in [0.5, 0.6) is 11.5 Å². The van der Waals surface area contributed by atoms with Gasteiger partial charge in [-0.2, -0.15) is 0 Å². The molecule has 2 aliphatic rings. The number of fused-ring (bicyclic) bond motifs is 2. The van der Waals surface area contributed by atoms with Gasteiger partial charge in [0.15, 0.2) is 5.96 Å². The first-order valence-corrected chi connectivity index (χ1v) is 10.7. The molecule has 8 heteroatoms. The number of nitrogens with one attached hydrogen (secondary N) is 2. The van der Waals surface area contributed by atoms with Gasteiger partial charge in [0.25, 0.3) is 0 Å². The average Bonchev–Trinajstić information content (AvgIpc) is 2.72. The lowest BCUT2D eigenvalue weighted by molar-refractivity contribution is 0.0526. The number of ether oxygens (including phenoxy) is 2. The van der Waals surface area contributed by atoms with Crippen molar-refractivity contribution in [3.05, 3.63) is 23.8 Å². The van der Waals surface area contributed by atoms with Gasteiger partial charge in [-0.1, -0.05) is 6.42 Å². The van der Waals surface area contributed by atoms with E-state index >= 15 is 0 Å². The van der Waals surface area contributed by atoms with Crippen molar-refractivity contribution in [2.75, 3.05) is 34.4 Å². The highest BCUT2D eigenvalue weighted by Gasteiger charge is 2.36. The predicted octanol–water partition coefficient (Wildman–Crippen LogP) is 2.93. The second-order valence-corrected chi connectivity index (χ2v) is 8.10. The number of nitrogens with zero attached hydrogens (tertiary/aromatic N) is 2. The minimum absolute atomic E-state index is 0. The monoisotopic (exact) mass is 532 g/mol. The second kappa shape index (κ2) is 12.0. The summed E-state index contributed by atoms with van der Waals surface area (Å²) in [6.07, 6.45) is 5.48. The Hall–Kier alpha value is -1.26. The van der Waals surface area contributed by atoms with Gasteiger partial charge in [-0.15, -0.1) is 24.0 Å². The van der Waals surface area contributed by atoms with E-state index < -0.39 is 6.10 Å². The summed E-state index contributed by atoms with van der Waals surface area (Å²) < 4.78 is 10.6. The van der Waals surface area contributed by atoms with Gasteiger partial charge >= 0.3 is 0 Å². The summed E-state index contributed by atoms with van der Waals surface area (Å²) in [4.78, 5) is 7.22. The van der Waals surface area contributed by atoms with Crippen LogP contribution in [0.15, 0.2) is 23.2 Å². The van der Waals surface area contributed by atoms with Crippen LogP contribution in [0.25, 0.3) is 0 Å². The Kier molecular flexibility index (Phi) is 9.96. The van der Waals surface area contributed by atoms with E-state index in [1.54, 1.807) is 20.3 Å². The quantitative estimate of drug-likeness (QED) is 0.285. The normalized spacial score (nSPS) is 25.1. The SMILES string of the molecule is CCNC(=NCC(O)c1cc(OC)cc(OC)c1)NC1CC2CCCC(C1)N2C.I. The Bertz CT molecular complexity index is 667. The number of rotatable bonds is 7. The van der Waals surface area contributed by atoms with Crippen LogP contribution in [0.3, 0.4) is 0 Å². The fourth-order valence-electron chi connectivity index (χ4n) is 4.55. The van der Waals surface area contributed by atoms with E-state index in [4.69, 9.17) is 9.47 Å². The van der Waals surface area contributed by atoms with Crippen molar-refractivity contribution >= 4 is 29.9 Å². The molecule has 3 rings (SSSR count). The summed E-state index contributed by atoms with van der Waals surface area (Å²) in [5.41, 5.74) is 0.731. The summed E-state index contributed by atoms with van der Waals surface area (Å²) in [6.45, 7) is 3.11. The molecule has 0 aromatic heterocycles. The Morgan fingerprint density at radius 2 is 1.77 bits per heavy atom. The summed E-state index contributed by atoms with van der Waals surface area (Å²) in [7, 11) is 5.48. The Labute approximate surface area is 197 Å². The van der Waals surface area contributed by atoms with Crippen LogP contribution in [0, 0.1) is 0 Å². The third-order valence-electron chi connectivity index (χ3n) is 6.21. The first-order valence-electron chi connectivity index (χ1n) is 10.7. The van der Waals surface area contributed by atoms with Crippen LogP contribution in [-0.4, -0.2) is 68.4 Å². The lowest BCUT2D eigenvalue weighted by atomic mass is 9.82. The van der Waals surface area contributed by atoms with Crippen molar-refractivity contribution in [1.82, 2.24) is 15.5 Å². The van der Waals surface area contributed by atoms with Gasteiger partial charge in [0.1, 0.15) is 11.5 Å². The van der Waals surface area contributed by atoms with Crippen molar-refractivity contribution < 1.29 is 14.6 Å². The maximum Gasteiger partial charge on any atom is 0.191 e. The van der Waals surface area contributed by atoms with Crippen LogP contribution in [0.2, 0.25) is 0 Å². The van der Waals surface area contributed by atoms with E-state index in [2.05, 4.69) is 34.5 Å². The molecule has 3 atom stereocenters. The zero-order chi connectivity index (χ0) is 20.8. The van der Waals surface area contributed by atoms with Crippen molar-refractivity contribution in [3.8, 4) is 11.5 Å². The first kappa shape index (κ1) is 25.0. The molecule has 2 saturated heterocycles. The highest BCUT2D eigenvalue weighted by atomic mass is 127. The predicted molar refractivity (Wildman–Crippen MR) is 131 cm³/mol. The van der Waals surface area contributed by atoms with E-state index in [0.29, 0.717) is 29.6 Å². The maximum absolute atomic E-state index is 10.7. The largest absolute Gasteiger partial charge is 0.497 e. The van der Waals surface area contributed by atoms with Crippen molar-refractivity contribution in [2.45, 2.75) is 63.3 Å². The van der Waals surface area contributed by atoms with Crippen molar-refractivity contribution in [3.63, 3.8) is 0 Å². The molecule has 0 saturated carbocycles. The zero-order valence-corrected chi connectivity index (χ0v) is 20.9. The fraction of sp³-hybridized carbons (Fsp3) is 0.682. The van der Waals surface area contributed by atoms with E-state index in [-0.39, 0.29) is 30.5 Å². The molecule has 0 spiro atoms. The summed E-state index contributed by atoms with van der Waals surface area (Å²) in [5.74, 6) is 2.09. The lowest BCUT2D eigenvalue weighted by Gasteiger charge is -2.47. The molecule has 3 unspecified atom stereocenters. The van der Waals surface area contributed by atoms with Crippen LogP contribution < -0.4 is 20.1 Å². The first-order chi connectivity index (χ1) is 14.0. The molecule has 1 aromatic carbocycles. The van der Waals surface area contributed by atoms with E-state index in [1.807, 2.05) is 12.1 Å². The van der Waals surface area contributed by atoms with E-state index in [1.165, 1.54) is 19.3 Å². The summed E-state index contributed by atoms with van der Waals surface area (Å²) >= 11 is 0. The van der Waals surface area contributed by atoms with Crippen LogP contribution >= 0.6 is 24.0 Å². The number of aliphatic hydroxyl groups is 1. The minimum Gasteiger partial charge on any atom is -0.497 e. The van der Waals surface area contributed by atoms with Crippen molar-refractivity contribution in [1.29, 1.82) is 0 Å². The number of piperidine rings is 2. The zero-order valence-electron chi connectivity index (χ0n) is 18.6. The van der Waals surface area contributed by atoms with Gasteiger partial charge in [-0.05, 0) is 57.4 Å². The molecule has 0 amide bonds. The number of hydrogen-bond donors (Lipinski definition) is 3. The number of guanidine groups is 1. The van der Waals surface area contributed by atoms with Gasteiger partial charge < -0.3 is 30.1 Å². The standard InChI is InChI=1S/C22H36N4O3.HI/c1-5-23-22(25-16-11-17-7-6-8-18(12-16)26(17)2)24-14-21(27)15-9-19(28-3)13-20(10-15)29-4;/h9-10,13,16-18,21,27H,5-8,11-12,14H2,1-4H3,(H2,23,24,25);1H. The molecule has 2 bridgehead atoms. The molecule has 30 heavy (non-hydrogen) atoms. The smallest absolute Gasteiger partial charge is 0.191 e. The van der Waals surface area contributed by atoms with Crippen LogP contribution in [0.1, 0.15) is 50.7 Å². The van der Waals surface area contributed by atoms with Gasteiger partial charge in [-0.3, -0.25) is 4.99 Å². The van der Waals surface area contributed by atoms with Gasteiger partial charge in [0, 0.05) is 30.7 Å². The molecule has 0 aliphatic carbocycles. The number of benzene rings is 1. The number of aliphatic hydroxyl groups excluding tert-OH is 1. The molecule has 7 nitrogen and oxygen atoms in total. The Balaban J connectivity index is 0.00000320. The fourth-order valence-corrected chi connectivity index (χ4v) is 4.55. The maximum atomic E-state index is 10.7. The third kappa shape index (κ3) is 6.37. The Morgan fingerprint density at radius 3 is 2.30 bits per heavy atom. The van der Waals surface area contributed by atoms with Gasteiger partial charge in [-0.25, -0.2) is 0 Å². The van der Waals surface area contributed by atoms with Gasteiger partial charge in [0.2, 0.25) is 0 Å². The number of halogens is 1. The molecular formula is C22H37IN4O3. The number of hydrogen-bond acceptors (Lipinski definition) is 5. The molecular weight excluding hydrogens is 495 g/mol. The minimum atomic E-state index is -0.730. The van der Waals surface area contributed by atoms with Gasteiger partial charge in [0.05, 0.1) is 26.9 Å². The Morgan fingerprint density at radius 1 is 1.17 bits per heavy atom. The topological polar surface area (TPSA) is 78.4 Å². The highest BCUT2D eigenvalue weighted by molar-refractivity contribution is 14.0. The van der Waals surface area contributed by atoms with Crippen molar-refractivity contribution in [2.24, 2.45) is 4.99 Å². The molecule has 170 valence electrons. The second-order valence-electron chi connectivity index (χ2n) is 8.10. The number of aliphatic imine (C=N–C) groups is 1. The summed E-state index contributed by atoms with van der Waals surface area (Å²) in [6, 6.07) is 7.19. The molecule has 2 fully saturated rings.